The third kappa shape index (κ3) is 4.77. The van der Waals surface area contributed by atoms with Crippen LogP contribution >= 0.6 is 11.8 Å². The molecule has 2 aromatic rings. The molecule has 0 spiro atoms. The van der Waals surface area contributed by atoms with E-state index in [1.807, 2.05) is 11.8 Å². The summed E-state index contributed by atoms with van der Waals surface area (Å²) in [7, 11) is 0. The standard InChI is InChI=1S/C18H19NS/c1-15-4-2-5-18(12-15)14-20-13-17-9-7-16(8-10-17)6-3-11-19/h2,4-5,7-10,12H,11,13-14,19H2,1H3. The van der Waals surface area contributed by atoms with Crippen molar-refractivity contribution < 1.29 is 0 Å². The molecule has 0 heterocycles. The Bertz CT molecular complexity index is 605. The second-order valence-electron chi connectivity index (χ2n) is 4.68. The number of hydrogen-bond acceptors (Lipinski definition) is 2. The van der Waals surface area contributed by atoms with Gasteiger partial charge in [-0.15, -0.1) is 0 Å². The van der Waals surface area contributed by atoms with E-state index in [4.69, 9.17) is 5.73 Å². The number of aryl methyl sites for hydroxylation is 1. The number of benzene rings is 2. The molecule has 0 aliphatic heterocycles. The van der Waals surface area contributed by atoms with E-state index in [0.29, 0.717) is 6.54 Å². The lowest BCUT2D eigenvalue weighted by Crippen LogP contribution is -1.93. The van der Waals surface area contributed by atoms with E-state index in [1.54, 1.807) is 0 Å². The first-order chi connectivity index (χ1) is 9.78. The minimum atomic E-state index is 0.411. The molecule has 0 unspecified atom stereocenters. The van der Waals surface area contributed by atoms with Crippen LogP contribution in [-0.2, 0) is 11.5 Å². The summed E-state index contributed by atoms with van der Waals surface area (Å²) < 4.78 is 0. The van der Waals surface area contributed by atoms with Gasteiger partial charge in [-0.2, -0.15) is 11.8 Å². The molecule has 1 nitrogen and oxygen atoms in total. The van der Waals surface area contributed by atoms with Crippen molar-refractivity contribution in [1.82, 2.24) is 0 Å². The number of rotatable bonds is 4. The van der Waals surface area contributed by atoms with Crippen LogP contribution in [0.5, 0.6) is 0 Å². The Balaban J connectivity index is 1.85. The maximum absolute atomic E-state index is 5.36. The summed E-state index contributed by atoms with van der Waals surface area (Å²) in [5, 5.41) is 0. The van der Waals surface area contributed by atoms with Crippen LogP contribution < -0.4 is 5.73 Å². The van der Waals surface area contributed by atoms with E-state index in [-0.39, 0.29) is 0 Å². The Morgan fingerprint density at radius 2 is 1.75 bits per heavy atom. The molecule has 2 rings (SSSR count). The maximum Gasteiger partial charge on any atom is 0.0555 e. The van der Waals surface area contributed by atoms with Crippen molar-refractivity contribution in [3.63, 3.8) is 0 Å². The Morgan fingerprint density at radius 1 is 1.00 bits per heavy atom. The summed E-state index contributed by atoms with van der Waals surface area (Å²) in [4.78, 5) is 0. The van der Waals surface area contributed by atoms with Gasteiger partial charge in [-0.05, 0) is 30.2 Å². The second kappa shape index (κ2) is 7.79. The molecular weight excluding hydrogens is 262 g/mol. The lowest BCUT2D eigenvalue weighted by Gasteiger charge is -2.04. The normalized spacial score (nSPS) is 9.90. The molecule has 2 N–H and O–H groups in total. The minimum absolute atomic E-state index is 0.411. The van der Waals surface area contributed by atoms with Gasteiger partial charge in [-0.3, -0.25) is 0 Å². The molecule has 0 bridgehead atoms. The highest BCUT2D eigenvalue weighted by molar-refractivity contribution is 7.97. The van der Waals surface area contributed by atoms with E-state index in [1.165, 1.54) is 16.7 Å². The molecule has 2 heteroatoms. The molecule has 0 amide bonds. The van der Waals surface area contributed by atoms with Gasteiger partial charge < -0.3 is 5.73 Å². The Morgan fingerprint density at radius 3 is 2.45 bits per heavy atom. The van der Waals surface area contributed by atoms with Crippen LogP contribution in [0.15, 0.2) is 48.5 Å². The summed E-state index contributed by atoms with van der Waals surface area (Å²) in [6.45, 7) is 2.55. The van der Waals surface area contributed by atoms with Crippen molar-refractivity contribution in [1.29, 1.82) is 0 Å². The average Bonchev–Trinajstić information content (AvgIpc) is 2.46. The van der Waals surface area contributed by atoms with Gasteiger partial charge in [-0.25, -0.2) is 0 Å². The van der Waals surface area contributed by atoms with Crippen molar-refractivity contribution in [2.75, 3.05) is 6.54 Å². The summed E-state index contributed by atoms with van der Waals surface area (Å²) in [5.41, 5.74) is 10.4. The topological polar surface area (TPSA) is 26.0 Å². The quantitative estimate of drug-likeness (QED) is 0.864. The first kappa shape index (κ1) is 14.7. The molecule has 0 aromatic heterocycles. The van der Waals surface area contributed by atoms with E-state index >= 15 is 0 Å². The highest BCUT2D eigenvalue weighted by Crippen LogP contribution is 2.18. The van der Waals surface area contributed by atoms with Crippen molar-refractivity contribution in [2.24, 2.45) is 5.73 Å². The van der Waals surface area contributed by atoms with E-state index < -0.39 is 0 Å². The third-order valence-corrected chi connectivity index (χ3v) is 3.98. The van der Waals surface area contributed by atoms with Crippen LogP contribution in [0.25, 0.3) is 0 Å². The molecule has 0 aliphatic rings. The molecular formula is C18H19NS. The second-order valence-corrected chi connectivity index (χ2v) is 5.67. The number of hydrogen-bond donors (Lipinski definition) is 1. The van der Waals surface area contributed by atoms with Crippen molar-refractivity contribution >= 4 is 11.8 Å². The zero-order chi connectivity index (χ0) is 14.2. The molecule has 0 radical (unpaired) electrons. The Labute approximate surface area is 125 Å². The van der Waals surface area contributed by atoms with Crippen LogP contribution in [0.4, 0.5) is 0 Å². The van der Waals surface area contributed by atoms with Gasteiger partial charge in [0.05, 0.1) is 6.54 Å². The lowest BCUT2D eigenvalue weighted by atomic mass is 10.1. The maximum atomic E-state index is 5.36. The van der Waals surface area contributed by atoms with Crippen LogP contribution in [0.2, 0.25) is 0 Å². The van der Waals surface area contributed by atoms with Gasteiger partial charge in [0.2, 0.25) is 0 Å². The first-order valence-electron chi connectivity index (χ1n) is 6.69. The van der Waals surface area contributed by atoms with Crippen molar-refractivity contribution in [3.8, 4) is 11.8 Å². The van der Waals surface area contributed by atoms with Crippen LogP contribution in [-0.4, -0.2) is 6.54 Å². The predicted molar refractivity (Wildman–Crippen MR) is 88.6 cm³/mol. The predicted octanol–water partition coefficient (Wildman–Crippen LogP) is 3.74. The van der Waals surface area contributed by atoms with E-state index in [0.717, 1.165) is 17.1 Å². The lowest BCUT2D eigenvalue weighted by molar-refractivity contribution is 1.30. The highest BCUT2D eigenvalue weighted by Gasteiger charge is 1.97. The summed E-state index contributed by atoms with van der Waals surface area (Å²) in [5.74, 6) is 7.98. The van der Waals surface area contributed by atoms with Gasteiger partial charge in [0.15, 0.2) is 0 Å². The SMILES string of the molecule is Cc1cccc(CSCc2ccc(C#CCN)cc2)c1. The third-order valence-electron chi connectivity index (χ3n) is 2.91. The van der Waals surface area contributed by atoms with Gasteiger partial charge in [0.25, 0.3) is 0 Å². The fourth-order valence-corrected chi connectivity index (χ4v) is 2.87. The smallest absolute Gasteiger partial charge is 0.0555 e. The summed E-state index contributed by atoms with van der Waals surface area (Å²) >= 11 is 1.94. The Hall–Kier alpha value is -1.69. The van der Waals surface area contributed by atoms with Gasteiger partial charge >= 0.3 is 0 Å². The molecule has 0 aliphatic carbocycles. The van der Waals surface area contributed by atoms with Crippen LogP contribution in [0.3, 0.4) is 0 Å². The summed E-state index contributed by atoms with van der Waals surface area (Å²) in [6, 6.07) is 17.1. The fourth-order valence-electron chi connectivity index (χ4n) is 1.93. The average molecular weight is 281 g/mol. The molecule has 20 heavy (non-hydrogen) atoms. The minimum Gasteiger partial charge on any atom is -0.320 e. The van der Waals surface area contributed by atoms with Crippen molar-refractivity contribution in [2.45, 2.75) is 18.4 Å². The first-order valence-corrected chi connectivity index (χ1v) is 7.84. The summed E-state index contributed by atoms with van der Waals surface area (Å²) in [6.07, 6.45) is 0. The fraction of sp³-hybridized carbons (Fsp3) is 0.222. The molecule has 102 valence electrons. The van der Waals surface area contributed by atoms with Crippen LogP contribution in [0.1, 0.15) is 22.3 Å². The van der Waals surface area contributed by atoms with Crippen molar-refractivity contribution in [3.05, 3.63) is 70.8 Å². The molecule has 0 fully saturated rings. The molecule has 0 atom stereocenters. The van der Waals surface area contributed by atoms with Gasteiger partial charge in [0.1, 0.15) is 0 Å². The van der Waals surface area contributed by atoms with Gasteiger partial charge in [0, 0.05) is 17.1 Å². The molecule has 0 saturated heterocycles. The monoisotopic (exact) mass is 281 g/mol. The zero-order valence-electron chi connectivity index (χ0n) is 11.7. The largest absolute Gasteiger partial charge is 0.320 e. The number of nitrogens with two attached hydrogens (primary N) is 1. The van der Waals surface area contributed by atoms with E-state index in [2.05, 4.69) is 67.3 Å². The van der Waals surface area contributed by atoms with Crippen LogP contribution in [0, 0.1) is 18.8 Å². The highest BCUT2D eigenvalue weighted by atomic mass is 32.2. The van der Waals surface area contributed by atoms with Gasteiger partial charge in [-0.1, -0.05) is 53.8 Å². The number of thioether (sulfide) groups is 1. The molecule has 2 aromatic carbocycles. The zero-order valence-corrected chi connectivity index (χ0v) is 12.5. The Kier molecular flexibility index (Phi) is 5.73. The van der Waals surface area contributed by atoms with E-state index in [9.17, 15) is 0 Å². The molecule has 0 saturated carbocycles.